The van der Waals surface area contributed by atoms with Gasteiger partial charge >= 0.3 is 0 Å². The molecule has 1 aromatic carbocycles. The molecule has 1 rings (SSSR count). The van der Waals surface area contributed by atoms with Crippen LogP contribution >= 0.6 is 0 Å². The zero-order valence-electron chi connectivity index (χ0n) is 8.83. The molecule has 0 atom stereocenters. The number of nitrogens with zero attached hydrogens (tertiary/aromatic N) is 2. The molecule has 0 radical (unpaired) electrons. The number of benzene rings is 1. The van der Waals surface area contributed by atoms with Crippen molar-refractivity contribution in [2.45, 2.75) is 6.04 Å². The minimum absolute atomic E-state index is 0.155. The van der Waals surface area contributed by atoms with Crippen LogP contribution in [0.25, 0.3) is 0 Å². The lowest BCUT2D eigenvalue weighted by atomic mass is 10.1. The second-order valence-electron chi connectivity index (χ2n) is 3.31. The molecule has 0 aliphatic carbocycles. The normalized spacial score (nSPS) is 10.0. The van der Waals surface area contributed by atoms with Crippen LogP contribution in [0.3, 0.4) is 0 Å². The fourth-order valence-electron chi connectivity index (χ4n) is 1.24. The van der Waals surface area contributed by atoms with E-state index in [4.69, 9.17) is 15.5 Å². The number of hydrogen-bond acceptors (Lipinski definition) is 6. The van der Waals surface area contributed by atoms with Gasteiger partial charge in [0.25, 0.3) is 5.69 Å². The Kier molecular flexibility index (Phi) is 4.39. The van der Waals surface area contributed by atoms with Gasteiger partial charge < -0.3 is 15.5 Å². The molecule has 0 unspecified atom stereocenters. The Labute approximate surface area is 97.1 Å². The van der Waals surface area contributed by atoms with Crippen LogP contribution in [0, 0.1) is 21.4 Å². The van der Waals surface area contributed by atoms with E-state index >= 15 is 0 Å². The third-order valence-corrected chi connectivity index (χ3v) is 2.12. The lowest BCUT2D eigenvalue weighted by Gasteiger charge is -2.14. The molecule has 0 aliphatic rings. The van der Waals surface area contributed by atoms with Gasteiger partial charge in [-0.3, -0.25) is 10.1 Å². The Morgan fingerprint density at radius 1 is 1.47 bits per heavy atom. The number of nitro benzene ring substituents is 1. The summed E-state index contributed by atoms with van der Waals surface area (Å²) in [4.78, 5) is 10.1. The fourth-order valence-corrected chi connectivity index (χ4v) is 1.24. The Morgan fingerprint density at radius 3 is 2.59 bits per heavy atom. The molecular weight excluding hydrogens is 226 g/mol. The second kappa shape index (κ2) is 5.79. The second-order valence-corrected chi connectivity index (χ2v) is 3.31. The molecule has 0 saturated carbocycles. The van der Waals surface area contributed by atoms with Crippen molar-refractivity contribution in [1.29, 1.82) is 5.26 Å². The molecule has 3 N–H and O–H groups in total. The minimum Gasteiger partial charge on any atom is -0.394 e. The highest BCUT2D eigenvalue weighted by atomic mass is 16.6. The molecule has 0 fully saturated rings. The Balaban J connectivity index is 3.07. The first-order valence-corrected chi connectivity index (χ1v) is 4.79. The monoisotopic (exact) mass is 237 g/mol. The molecule has 7 nitrogen and oxygen atoms in total. The van der Waals surface area contributed by atoms with Gasteiger partial charge in [-0.05, 0) is 12.1 Å². The highest BCUT2D eigenvalue weighted by Gasteiger charge is 2.17. The molecule has 0 amide bonds. The number of nitro groups is 1. The predicted molar refractivity (Wildman–Crippen MR) is 59.4 cm³/mol. The molecule has 1 aromatic rings. The summed E-state index contributed by atoms with van der Waals surface area (Å²) in [5.41, 5.74) is 0.0600. The van der Waals surface area contributed by atoms with Gasteiger partial charge in [0.05, 0.1) is 35.8 Å². The van der Waals surface area contributed by atoms with Crippen molar-refractivity contribution in [3.8, 4) is 6.07 Å². The lowest BCUT2D eigenvalue weighted by Crippen LogP contribution is -2.28. The highest BCUT2D eigenvalue weighted by Crippen LogP contribution is 2.25. The van der Waals surface area contributed by atoms with Gasteiger partial charge in [-0.1, -0.05) is 0 Å². The van der Waals surface area contributed by atoms with Crippen molar-refractivity contribution in [3.63, 3.8) is 0 Å². The number of nitriles is 1. The molecule has 0 bridgehead atoms. The first-order valence-electron chi connectivity index (χ1n) is 4.79. The molecule has 0 aliphatic heterocycles. The van der Waals surface area contributed by atoms with E-state index in [1.54, 1.807) is 6.07 Å². The van der Waals surface area contributed by atoms with Crippen LogP contribution in [0.5, 0.6) is 0 Å². The third-order valence-electron chi connectivity index (χ3n) is 2.12. The number of nitrogens with one attached hydrogen (secondary N) is 1. The quantitative estimate of drug-likeness (QED) is 0.498. The fraction of sp³-hybridized carbons (Fsp3) is 0.300. The van der Waals surface area contributed by atoms with E-state index in [1.807, 2.05) is 0 Å². The van der Waals surface area contributed by atoms with Crippen molar-refractivity contribution in [2.24, 2.45) is 0 Å². The standard InChI is InChI=1S/C10H11N3O4/c11-4-7-1-2-9(10(3-7)13(16)17)12-8(5-14)6-15/h1-3,8,12,14-15H,5-6H2. The summed E-state index contributed by atoms with van der Waals surface area (Å²) in [7, 11) is 0. The van der Waals surface area contributed by atoms with E-state index in [9.17, 15) is 10.1 Å². The van der Waals surface area contributed by atoms with Crippen molar-refractivity contribution >= 4 is 11.4 Å². The SMILES string of the molecule is N#Cc1ccc(NC(CO)CO)c([N+](=O)[O-])c1. The molecule has 7 heteroatoms. The summed E-state index contributed by atoms with van der Waals surface area (Å²) < 4.78 is 0. The molecule has 0 heterocycles. The van der Waals surface area contributed by atoms with Crippen LogP contribution in [0.1, 0.15) is 5.56 Å². The summed E-state index contributed by atoms with van der Waals surface area (Å²) >= 11 is 0. The van der Waals surface area contributed by atoms with E-state index in [-0.39, 0.29) is 30.2 Å². The molecule has 0 saturated heterocycles. The van der Waals surface area contributed by atoms with Crippen molar-refractivity contribution in [1.82, 2.24) is 0 Å². The van der Waals surface area contributed by atoms with Crippen LogP contribution in [0.15, 0.2) is 18.2 Å². The summed E-state index contributed by atoms with van der Waals surface area (Å²) in [5, 5.41) is 39.8. The maximum absolute atomic E-state index is 10.8. The molecule has 90 valence electrons. The number of rotatable bonds is 5. The average molecular weight is 237 g/mol. The van der Waals surface area contributed by atoms with Gasteiger partial charge in [-0.15, -0.1) is 0 Å². The summed E-state index contributed by atoms with van der Waals surface area (Å²) in [6.45, 7) is -0.707. The topological polar surface area (TPSA) is 119 Å². The average Bonchev–Trinajstić information content (AvgIpc) is 2.35. The molecular formula is C10H11N3O4. The van der Waals surface area contributed by atoms with Gasteiger partial charge in [-0.2, -0.15) is 5.26 Å². The predicted octanol–water partition coefficient (Wildman–Crippen LogP) is 0.232. The van der Waals surface area contributed by atoms with Crippen molar-refractivity contribution < 1.29 is 15.1 Å². The number of hydrogen-bond donors (Lipinski definition) is 3. The Morgan fingerprint density at radius 2 is 2.12 bits per heavy atom. The Bertz CT molecular complexity index is 451. The van der Waals surface area contributed by atoms with Gasteiger partial charge in [0.15, 0.2) is 0 Å². The first-order chi connectivity index (χ1) is 8.12. The van der Waals surface area contributed by atoms with Crippen LogP contribution in [0.4, 0.5) is 11.4 Å². The largest absolute Gasteiger partial charge is 0.394 e. The minimum atomic E-state index is -0.679. The van der Waals surface area contributed by atoms with E-state index in [0.29, 0.717) is 0 Å². The zero-order chi connectivity index (χ0) is 12.8. The van der Waals surface area contributed by atoms with Gasteiger partial charge in [0.2, 0.25) is 0 Å². The van der Waals surface area contributed by atoms with Crippen molar-refractivity contribution in [2.75, 3.05) is 18.5 Å². The number of anilines is 1. The Hall–Kier alpha value is -2.17. The molecule has 17 heavy (non-hydrogen) atoms. The number of aliphatic hydroxyl groups excluding tert-OH is 2. The smallest absolute Gasteiger partial charge is 0.293 e. The lowest BCUT2D eigenvalue weighted by molar-refractivity contribution is -0.384. The van der Waals surface area contributed by atoms with Crippen LogP contribution in [-0.4, -0.2) is 34.4 Å². The first kappa shape index (κ1) is 12.9. The van der Waals surface area contributed by atoms with E-state index in [1.165, 1.54) is 12.1 Å². The molecule has 0 aromatic heterocycles. The maximum Gasteiger partial charge on any atom is 0.293 e. The van der Waals surface area contributed by atoms with Crippen LogP contribution in [0.2, 0.25) is 0 Å². The zero-order valence-corrected chi connectivity index (χ0v) is 8.83. The third kappa shape index (κ3) is 3.14. The highest BCUT2D eigenvalue weighted by molar-refractivity contribution is 5.64. The molecule has 0 spiro atoms. The van der Waals surface area contributed by atoms with Gasteiger partial charge in [0.1, 0.15) is 5.69 Å². The van der Waals surface area contributed by atoms with Gasteiger partial charge in [0, 0.05) is 6.07 Å². The summed E-state index contributed by atoms with van der Waals surface area (Å²) in [6, 6.07) is 5.04. The summed E-state index contributed by atoms with van der Waals surface area (Å²) in [5.74, 6) is 0. The maximum atomic E-state index is 10.8. The van der Waals surface area contributed by atoms with Crippen LogP contribution < -0.4 is 5.32 Å². The van der Waals surface area contributed by atoms with E-state index in [2.05, 4.69) is 5.32 Å². The van der Waals surface area contributed by atoms with E-state index in [0.717, 1.165) is 6.07 Å². The van der Waals surface area contributed by atoms with Crippen molar-refractivity contribution in [3.05, 3.63) is 33.9 Å². The number of aliphatic hydroxyl groups is 2. The van der Waals surface area contributed by atoms with Gasteiger partial charge in [-0.25, -0.2) is 0 Å². The van der Waals surface area contributed by atoms with E-state index < -0.39 is 11.0 Å². The van der Waals surface area contributed by atoms with Crippen LogP contribution in [-0.2, 0) is 0 Å². The summed E-state index contributed by atoms with van der Waals surface area (Å²) in [6.07, 6.45) is 0.